The second kappa shape index (κ2) is 13.9. The Hall–Kier alpha value is -2.21. The molecule has 28 heavy (non-hydrogen) atoms. The Kier molecular flexibility index (Phi) is 10.9. The van der Waals surface area contributed by atoms with Crippen LogP contribution in [0.3, 0.4) is 0 Å². The third-order valence-corrected chi connectivity index (χ3v) is 5.23. The summed E-state index contributed by atoms with van der Waals surface area (Å²) in [6, 6.07) is 9.72. The van der Waals surface area contributed by atoms with Crippen molar-refractivity contribution in [3.05, 3.63) is 42.0 Å². The molecule has 0 bridgehead atoms. The van der Waals surface area contributed by atoms with Crippen molar-refractivity contribution in [3.63, 3.8) is 0 Å². The maximum absolute atomic E-state index is 12.0. The fourth-order valence-corrected chi connectivity index (χ4v) is 3.53. The molecule has 2 rings (SSSR count). The molecule has 0 saturated heterocycles. The minimum Gasteiger partial charge on any atom is -0.360 e. The zero-order valence-corrected chi connectivity index (χ0v) is 17.6. The largest absolute Gasteiger partial charge is 0.360 e. The first-order chi connectivity index (χ1) is 13.8. The molecule has 0 atom stereocenters. The summed E-state index contributed by atoms with van der Waals surface area (Å²) >= 11 is 1.36. The van der Waals surface area contributed by atoms with Crippen molar-refractivity contribution >= 4 is 33.6 Å². The van der Waals surface area contributed by atoms with Gasteiger partial charge in [0.05, 0.1) is 0 Å². The Morgan fingerprint density at radius 2 is 1.57 bits per heavy atom. The summed E-state index contributed by atoms with van der Waals surface area (Å²) in [7, 11) is 0. The van der Waals surface area contributed by atoms with E-state index in [1.807, 2.05) is 30.3 Å². The molecule has 5 nitrogen and oxygen atoms in total. The van der Waals surface area contributed by atoms with Gasteiger partial charge in [-0.1, -0.05) is 100.0 Å². The summed E-state index contributed by atoms with van der Waals surface area (Å²) in [5.41, 5.74) is 0.984. The van der Waals surface area contributed by atoms with Crippen LogP contribution in [0.2, 0.25) is 0 Å². The number of aromatic nitrogens is 2. The molecule has 0 aliphatic rings. The number of hydrogen-bond donors (Lipinski definition) is 2. The number of benzene rings is 1. The molecule has 2 aromatic rings. The van der Waals surface area contributed by atoms with Gasteiger partial charge in [-0.15, -0.1) is 10.2 Å². The van der Waals surface area contributed by atoms with Crippen LogP contribution in [0, 0.1) is 0 Å². The van der Waals surface area contributed by atoms with Crippen molar-refractivity contribution in [3.8, 4) is 0 Å². The first kappa shape index (κ1) is 22.1. The molecule has 0 aliphatic carbocycles. The topological polar surface area (TPSA) is 66.9 Å². The molecule has 1 aromatic heterocycles. The van der Waals surface area contributed by atoms with Crippen molar-refractivity contribution in [2.45, 2.75) is 64.7 Å². The molecule has 1 aromatic carbocycles. The monoisotopic (exact) mass is 400 g/mol. The lowest BCUT2D eigenvalue weighted by Gasteiger charge is -2.03. The van der Waals surface area contributed by atoms with E-state index in [2.05, 4.69) is 27.8 Å². The van der Waals surface area contributed by atoms with Crippen molar-refractivity contribution in [1.82, 2.24) is 10.2 Å². The summed E-state index contributed by atoms with van der Waals surface area (Å²) in [6.45, 7) is 3.15. The van der Waals surface area contributed by atoms with Gasteiger partial charge in [-0.05, 0) is 18.1 Å². The van der Waals surface area contributed by atoms with E-state index in [1.165, 1.54) is 68.8 Å². The van der Waals surface area contributed by atoms with Crippen LogP contribution in [0.25, 0.3) is 6.08 Å². The minimum atomic E-state index is -0.203. The molecule has 0 saturated carbocycles. The van der Waals surface area contributed by atoms with Gasteiger partial charge in [-0.2, -0.15) is 0 Å². The summed E-state index contributed by atoms with van der Waals surface area (Å²) < 4.78 is 0. The number of nitrogens with zero attached hydrogens (tertiary/aromatic N) is 2. The Bertz CT molecular complexity index is 700. The van der Waals surface area contributed by atoms with Gasteiger partial charge in [0.25, 0.3) is 0 Å². The van der Waals surface area contributed by atoms with Gasteiger partial charge in [0.15, 0.2) is 0 Å². The molecular weight excluding hydrogens is 368 g/mol. The van der Waals surface area contributed by atoms with Crippen LogP contribution < -0.4 is 10.6 Å². The van der Waals surface area contributed by atoms with Gasteiger partial charge in [0, 0.05) is 12.6 Å². The molecular formula is C22H32N4OS. The average Bonchev–Trinajstić information content (AvgIpc) is 3.16. The van der Waals surface area contributed by atoms with E-state index in [1.54, 1.807) is 6.08 Å². The van der Waals surface area contributed by atoms with E-state index in [9.17, 15) is 4.79 Å². The van der Waals surface area contributed by atoms with Crippen LogP contribution >= 0.6 is 11.3 Å². The third-order valence-electron chi connectivity index (χ3n) is 4.44. The lowest BCUT2D eigenvalue weighted by molar-refractivity contribution is -0.111. The van der Waals surface area contributed by atoms with Crippen molar-refractivity contribution in [2.24, 2.45) is 0 Å². The number of carbonyl (C=O) groups is 1. The summed E-state index contributed by atoms with van der Waals surface area (Å²) in [6.07, 6.45) is 15.1. The Labute approximate surface area is 172 Å². The molecule has 0 spiro atoms. The predicted octanol–water partition coefficient (Wildman–Crippen LogP) is 6.13. The highest BCUT2D eigenvalue weighted by atomic mass is 32.1. The number of rotatable bonds is 14. The molecule has 1 amide bonds. The van der Waals surface area contributed by atoms with Crippen LogP contribution in [0.4, 0.5) is 10.3 Å². The molecule has 2 N–H and O–H groups in total. The Balaban J connectivity index is 1.56. The maximum atomic E-state index is 12.0. The molecule has 1 heterocycles. The number of hydrogen-bond acceptors (Lipinski definition) is 5. The molecule has 6 heteroatoms. The number of anilines is 2. The standard InChI is InChI=1S/C22H32N4OS/c1-2-3-4-5-6-7-8-9-13-18-23-21-25-26-22(28-21)24-20(27)17-16-19-14-11-10-12-15-19/h10-12,14-17H,2-9,13,18H2,1H3,(H,23,25)(H,24,26,27). The van der Waals surface area contributed by atoms with Crippen LogP contribution in [0.5, 0.6) is 0 Å². The number of amides is 1. The minimum absolute atomic E-state index is 0.203. The number of nitrogens with one attached hydrogen (secondary N) is 2. The molecule has 0 radical (unpaired) electrons. The molecule has 0 unspecified atom stereocenters. The number of carbonyl (C=O) groups excluding carboxylic acids is 1. The summed E-state index contributed by atoms with van der Waals surface area (Å²) in [5, 5.41) is 15.4. The van der Waals surface area contributed by atoms with Crippen LogP contribution in [0.15, 0.2) is 36.4 Å². The lowest BCUT2D eigenvalue weighted by atomic mass is 10.1. The first-order valence-electron chi connectivity index (χ1n) is 10.4. The summed E-state index contributed by atoms with van der Waals surface area (Å²) in [5.74, 6) is -0.203. The highest BCUT2D eigenvalue weighted by Crippen LogP contribution is 2.20. The second-order valence-electron chi connectivity index (χ2n) is 6.90. The zero-order chi connectivity index (χ0) is 19.9. The zero-order valence-electron chi connectivity index (χ0n) is 16.8. The highest BCUT2D eigenvalue weighted by molar-refractivity contribution is 7.19. The quantitative estimate of drug-likeness (QED) is 0.295. The van der Waals surface area contributed by atoms with E-state index >= 15 is 0 Å². The normalized spacial score (nSPS) is 11.0. The van der Waals surface area contributed by atoms with Gasteiger partial charge in [0.2, 0.25) is 16.2 Å². The smallest absolute Gasteiger partial charge is 0.250 e. The third kappa shape index (κ3) is 9.65. The second-order valence-corrected chi connectivity index (χ2v) is 7.88. The van der Waals surface area contributed by atoms with E-state index in [-0.39, 0.29) is 5.91 Å². The predicted molar refractivity (Wildman–Crippen MR) is 120 cm³/mol. The van der Waals surface area contributed by atoms with Gasteiger partial charge >= 0.3 is 0 Å². The van der Waals surface area contributed by atoms with Crippen molar-refractivity contribution in [1.29, 1.82) is 0 Å². The average molecular weight is 401 g/mol. The van der Waals surface area contributed by atoms with E-state index in [4.69, 9.17) is 0 Å². The van der Waals surface area contributed by atoms with Crippen LogP contribution in [0.1, 0.15) is 70.3 Å². The summed E-state index contributed by atoms with van der Waals surface area (Å²) in [4.78, 5) is 12.0. The van der Waals surface area contributed by atoms with E-state index in [0.29, 0.717) is 5.13 Å². The van der Waals surface area contributed by atoms with Gasteiger partial charge in [-0.25, -0.2) is 0 Å². The van der Waals surface area contributed by atoms with Crippen LogP contribution in [-0.4, -0.2) is 22.6 Å². The van der Waals surface area contributed by atoms with Gasteiger partial charge in [-0.3, -0.25) is 10.1 Å². The van der Waals surface area contributed by atoms with Gasteiger partial charge in [0.1, 0.15) is 0 Å². The van der Waals surface area contributed by atoms with Gasteiger partial charge < -0.3 is 5.32 Å². The van der Waals surface area contributed by atoms with E-state index < -0.39 is 0 Å². The highest BCUT2D eigenvalue weighted by Gasteiger charge is 2.05. The fourth-order valence-electron chi connectivity index (χ4n) is 2.86. The SMILES string of the molecule is CCCCCCCCCCCNc1nnc(NC(=O)C=Cc2ccccc2)s1. The van der Waals surface area contributed by atoms with E-state index in [0.717, 1.165) is 23.7 Å². The maximum Gasteiger partial charge on any atom is 0.250 e. The molecule has 0 fully saturated rings. The Morgan fingerprint density at radius 1 is 0.929 bits per heavy atom. The molecule has 152 valence electrons. The molecule has 0 aliphatic heterocycles. The fraction of sp³-hybridized carbons (Fsp3) is 0.500. The van der Waals surface area contributed by atoms with Crippen molar-refractivity contribution in [2.75, 3.05) is 17.2 Å². The van der Waals surface area contributed by atoms with Crippen molar-refractivity contribution < 1.29 is 4.79 Å². The lowest BCUT2D eigenvalue weighted by Crippen LogP contribution is -2.07. The first-order valence-corrected chi connectivity index (χ1v) is 11.2. The van der Waals surface area contributed by atoms with Crippen LogP contribution in [-0.2, 0) is 4.79 Å². The number of unbranched alkanes of at least 4 members (excludes halogenated alkanes) is 8. The Morgan fingerprint density at radius 3 is 2.29 bits per heavy atom.